The van der Waals surface area contributed by atoms with Crippen LogP contribution in [0.15, 0.2) is 84.9 Å². The van der Waals surface area contributed by atoms with E-state index in [0.717, 1.165) is 11.1 Å². The van der Waals surface area contributed by atoms with Crippen LogP contribution in [0.1, 0.15) is 31.8 Å². The summed E-state index contributed by atoms with van der Waals surface area (Å²) in [6.45, 7) is 0.386. The zero-order valence-corrected chi connectivity index (χ0v) is 18.4. The Bertz CT molecular complexity index is 1280. The third kappa shape index (κ3) is 1.97. The summed E-state index contributed by atoms with van der Waals surface area (Å²) in [5, 5.41) is 0. The van der Waals surface area contributed by atoms with Gasteiger partial charge in [0.25, 0.3) is 0 Å². The molecule has 3 aromatic carbocycles. The first-order valence-corrected chi connectivity index (χ1v) is 11.1. The Morgan fingerprint density at radius 1 is 0.818 bits per heavy atom. The van der Waals surface area contributed by atoms with Gasteiger partial charge in [0.1, 0.15) is 0 Å². The lowest BCUT2D eigenvalue weighted by Gasteiger charge is -2.39. The fourth-order valence-corrected chi connectivity index (χ4v) is 7.20. The Balaban J connectivity index is 1.74. The summed E-state index contributed by atoms with van der Waals surface area (Å²) in [6.07, 6.45) is 0. The number of esters is 1. The number of rotatable bonds is 3. The molecule has 3 aliphatic rings. The molecule has 1 heterocycles. The maximum absolute atomic E-state index is 14.3. The van der Waals surface area contributed by atoms with Crippen molar-refractivity contribution in [2.45, 2.75) is 16.4 Å². The highest BCUT2D eigenvalue weighted by molar-refractivity contribution is 6.35. The maximum atomic E-state index is 14.3. The highest BCUT2D eigenvalue weighted by Gasteiger charge is 2.95. The van der Waals surface area contributed by atoms with Gasteiger partial charge in [0.05, 0.1) is 18.4 Å². The number of ketones is 2. The number of piperidine rings is 1. The van der Waals surface area contributed by atoms with E-state index in [1.807, 2.05) is 72.6 Å². The number of Topliss-reactive ketones (excluding diaryl/α,β-unsaturated/α-hetero) is 2. The summed E-state index contributed by atoms with van der Waals surface area (Å²) in [5.41, 5.74) is -0.796. The molecule has 0 unspecified atom stereocenters. The van der Waals surface area contributed by atoms with Crippen LogP contribution in [0, 0.1) is 5.92 Å². The van der Waals surface area contributed by atoms with Crippen molar-refractivity contribution >= 4 is 17.5 Å². The molecule has 3 aromatic rings. The molecule has 33 heavy (non-hydrogen) atoms. The molecular formula is C28H23NO4. The minimum atomic E-state index is -1.52. The Hall–Kier alpha value is -3.57. The van der Waals surface area contributed by atoms with Crippen LogP contribution in [0.2, 0.25) is 0 Å². The first-order chi connectivity index (χ1) is 16.0. The van der Waals surface area contributed by atoms with Crippen LogP contribution < -0.4 is 0 Å². The van der Waals surface area contributed by atoms with Gasteiger partial charge in [-0.25, -0.2) is 0 Å². The summed E-state index contributed by atoms with van der Waals surface area (Å²) >= 11 is 0. The number of carbonyl (C=O) groups excluding carboxylic acids is 3. The van der Waals surface area contributed by atoms with Crippen LogP contribution >= 0.6 is 0 Å². The number of nitrogens with zero attached hydrogens (tertiary/aromatic N) is 1. The number of fused-ring (bicyclic) bond motifs is 3. The lowest BCUT2D eigenvalue weighted by molar-refractivity contribution is -0.143. The van der Waals surface area contributed by atoms with E-state index in [1.165, 1.54) is 7.11 Å². The highest BCUT2D eigenvalue weighted by Crippen LogP contribution is 2.80. The molecule has 0 radical (unpaired) electrons. The van der Waals surface area contributed by atoms with Crippen molar-refractivity contribution in [3.8, 4) is 0 Å². The van der Waals surface area contributed by atoms with E-state index in [4.69, 9.17) is 4.74 Å². The minimum absolute atomic E-state index is 0.237. The molecule has 0 N–H and O–H groups in total. The topological polar surface area (TPSA) is 63.7 Å². The second kappa shape index (κ2) is 6.49. The smallest absolute Gasteiger partial charge is 0.310 e. The average molecular weight is 437 g/mol. The second-order valence-electron chi connectivity index (χ2n) is 9.24. The molecule has 0 aromatic heterocycles. The van der Waals surface area contributed by atoms with Crippen LogP contribution in [0.4, 0.5) is 0 Å². The Labute approximate surface area is 192 Å². The lowest BCUT2D eigenvalue weighted by atomic mass is 9.68. The Kier molecular flexibility index (Phi) is 3.94. The molecule has 1 aliphatic heterocycles. The first kappa shape index (κ1) is 20.1. The number of ether oxygens (including phenoxy) is 1. The van der Waals surface area contributed by atoms with Crippen LogP contribution in [0.25, 0.3) is 0 Å². The Morgan fingerprint density at radius 2 is 1.30 bits per heavy atom. The van der Waals surface area contributed by atoms with E-state index in [1.54, 1.807) is 24.3 Å². The van der Waals surface area contributed by atoms with E-state index in [2.05, 4.69) is 0 Å². The molecule has 1 saturated carbocycles. The molecule has 164 valence electrons. The van der Waals surface area contributed by atoms with Gasteiger partial charge in [0, 0.05) is 23.1 Å². The largest absolute Gasteiger partial charge is 0.469 e. The van der Waals surface area contributed by atoms with E-state index in [0.29, 0.717) is 17.7 Å². The monoisotopic (exact) mass is 437 g/mol. The number of hydrogen-bond acceptors (Lipinski definition) is 5. The molecule has 0 amide bonds. The molecule has 2 fully saturated rings. The van der Waals surface area contributed by atoms with Crippen molar-refractivity contribution in [3.63, 3.8) is 0 Å². The predicted octanol–water partition coefficient (Wildman–Crippen LogP) is 3.43. The SMILES string of the molecule is COC(=O)[C@@H]1[C@@]2(c3ccccc3)CN(C)C3(C(=O)c4ccccc4C3=O)[C@@]12c1ccccc1. The fraction of sp³-hybridized carbons (Fsp3) is 0.250. The van der Waals surface area contributed by atoms with Gasteiger partial charge >= 0.3 is 5.97 Å². The number of hydrogen-bond donors (Lipinski definition) is 0. The van der Waals surface area contributed by atoms with Gasteiger partial charge in [-0.15, -0.1) is 0 Å². The van der Waals surface area contributed by atoms with Gasteiger partial charge in [0.15, 0.2) is 17.1 Å². The van der Waals surface area contributed by atoms with Crippen LogP contribution in [-0.4, -0.2) is 48.7 Å². The van der Waals surface area contributed by atoms with E-state index < -0.39 is 28.3 Å². The standard InChI is InChI=1S/C28H23NO4/c1-29-17-26(18-11-5-3-6-12-18)22(25(32)33-2)27(26,19-13-7-4-8-14-19)28(29)23(30)20-15-9-10-16-21(20)24(28)31/h3-16,22H,17H2,1-2H3/t22-,26+,27+/m1/s1. The summed E-state index contributed by atoms with van der Waals surface area (Å²) in [6, 6.07) is 26.3. The second-order valence-corrected chi connectivity index (χ2v) is 9.24. The maximum Gasteiger partial charge on any atom is 0.310 e. The lowest BCUT2D eigenvalue weighted by Crippen LogP contribution is -2.61. The molecule has 2 aliphatic carbocycles. The fourth-order valence-electron chi connectivity index (χ4n) is 7.20. The highest BCUT2D eigenvalue weighted by atomic mass is 16.5. The number of likely N-dealkylation sites (N-methyl/N-ethyl adjacent to an activating group) is 1. The molecular weight excluding hydrogens is 414 g/mol. The number of likely N-dealkylation sites (tertiary alicyclic amines) is 1. The van der Waals surface area contributed by atoms with E-state index >= 15 is 0 Å². The number of methoxy groups -OCH3 is 1. The summed E-state index contributed by atoms with van der Waals surface area (Å²) in [7, 11) is 3.20. The van der Waals surface area contributed by atoms with Gasteiger partial charge < -0.3 is 4.74 Å². The van der Waals surface area contributed by atoms with Crippen LogP contribution in [0.3, 0.4) is 0 Å². The molecule has 5 heteroatoms. The van der Waals surface area contributed by atoms with E-state index in [-0.39, 0.29) is 11.6 Å². The van der Waals surface area contributed by atoms with Crippen molar-refractivity contribution in [3.05, 3.63) is 107 Å². The zero-order valence-electron chi connectivity index (χ0n) is 18.4. The number of benzene rings is 3. The molecule has 0 bridgehead atoms. The quantitative estimate of drug-likeness (QED) is 0.464. The third-order valence-electron chi connectivity index (χ3n) is 8.20. The first-order valence-electron chi connectivity index (χ1n) is 11.1. The number of carbonyl (C=O) groups is 3. The third-order valence-corrected chi connectivity index (χ3v) is 8.20. The zero-order chi connectivity index (χ0) is 23.0. The van der Waals surface area contributed by atoms with E-state index in [9.17, 15) is 14.4 Å². The van der Waals surface area contributed by atoms with Gasteiger partial charge in [-0.1, -0.05) is 84.9 Å². The summed E-state index contributed by atoms with van der Waals surface area (Å²) in [4.78, 5) is 43.8. The van der Waals surface area contributed by atoms with Gasteiger partial charge in [-0.05, 0) is 18.2 Å². The predicted molar refractivity (Wildman–Crippen MR) is 122 cm³/mol. The van der Waals surface area contributed by atoms with Crippen molar-refractivity contribution < 1.29 is 19.1 Å². The molecule has 1 spiro atoms. The summed E-state index contributed by atoms with van der Waals surface area (Å²) in [5.74, 6) is -1.54. The van der Waals surface area contributed by atoms with Crippen LogP contribution in [-0.2, 0) is 20.4 Å². The average Bonchev–Trinajstić information content (AvgIpc) is 3.31. The van der Waals surface area contributed by atoms with Crippen LogP contribution in [0.5, 0.6) is 0 Å². The normalized spacial score (nSPS) is 29.1. The molecule has 5 nitrogen and oxygen atoms in total. The van der Waals surface area contributed by atoms with Crippen molar-refractivity contribution in [2.24, 2.45) is 5.92 Å². The molecule has 6 rings (SSSR count). The van der Waals surface area contributed by atoms with Gasteiger partial charge in [-0.2, -0.15) is 0 Å². The molecule has 1 saturated heterocycles. The van der Waals surface area contributed by atoms with Crippen molar-refractivity contribution in [1.29, 1.82) is 0 Å². The van der Waals surface area contributed by atoms with Crippen molar-refractivity contribution in [2.75, 3.05) is 20.7 Å². The minimum Gasteiger partial charge on any atom is -0.469 e. The van der Waals surface area contributed by atoms with Gasteiger partial charge in [-0.3, -0.25) is 19.3 Å². The Morgan fingerprint density at radius 3 is 1.82 bits per heavy atom. The summed E-state index contributed by atoms with van der Waals surface area (Å²) < 4.78 is 5.31. The van der Waals surface area contributed by atoms with Gasteiger partial charge in [0.2, 0.25) is 0 Å². The molecule has 3 atom stereocenters. The van der Waals surface area contributed by atoms with Crippen molar-refractivity contribution in [1.82, 2.24) is 4.90 Å².